The summed E-state index contributed by atoms with van der Waals surface area (Å²) in [6, 6.07) is 5.67. The lowest BCUT2D eigenvalue weighted by molar-refractivity contribution is -0.384. The number of non-ortho nitro benzene ring substituents is 1. The molecule has 1 heterocycles. The molecule has 8 heteroatoms. The number of rotatable bonds is 8. The molecule has 0 fully saturated rings. The lowest BCUT2D eigenvalue weighted by Gasteiger charge is -2.09. The molecule has 134 valence electrons. The van der Waals surface area contributed by atoms with E-state index in [4.69, 9.17) is 21.1 Å². The molecule has 0 saturated carbocycles. The summed E-state index contributed by atoms with van der Waals surface area (Å²) in [7, 11) is 1.63. The first kappa shape index (κ1) is 19.0. The molecule has 0 saturated heterocycles. The summed E-state index contributed by atoms with van der Waals surface area (Å²) in [6.45, 7) is 4.81. The first-order chi connectivity index (χ1) is 11.8. The van der Waals surface area contributed by atoms with Crippen LogP contribution in [0.2, 0.25) is 5.02 Å². The number of hydrogen-bond donors (Lipinski definition) is 0. The van der Waals surface area contributed by atoms with E-state index in [1.54, 1.807) is 7.11 Å². The highest BCUT2D eigenvalue weighted by Gasteiger charge is 2.17. The van der Waals surface area contributed by atoms with Crippen molar-refractivity contribution in [3.63, 3.8) is 0 Å². The van der Waals surface area contributed by atoms with Crippen molar-refractivity contribution in [1.29, 1.82) is 0 Å². The Morgan fingerprint density at radius 3 is 2.64 bits per heavy atom. The van der Waals surface area contributed by atoms with E-state index in [0.717, 1.165) is 11.4 Å². The zero-order valence-corrected chi connectivity index (χ0v) is 15.0. The second-order valence-corrected chi connectivity index (χ2v) is 5.92. The minimum Gasteiger partial charge on any atom is -0.484 e. The van der Waals surface area contributed by atoms with Gasteiger partial charge in [-0.05, 0) is 26.0 Å². The zero-order valence-electron chi connectivity index (χ0n) is 14.2. The number of nitrogens with zero attached hydrogens (tertiary/aromatic N) is 2. The molecule has 1 aromatic heterocycles. The van der Waals surface area contributed by atoms with Crippen LogP contribution in [0.4, 0.5) is 5.69 Å². The summed E-state index contributed by atoms with van der Waals surface area (Å²) < 4.78 is 12.5. The molecule has 0 unspecified atom stereocenters. The van der Waals surface area contributed by atoms with Crippen molar-refractivity contribution in [3.05, 3.63) is 56.4 Å². The van der Waals surface area contributed by atoms with Crippen molar-refractivity contribution < 1.29 is 19.2 Å². The van der Waals surface area contributed by atoms with Gasteiger partial charge in [0.25, 0.3) is 5.69 Å². The third-order valence-corrected chi connectivity index (χ3v) is 4.17. The van der Waals surface area contributed by atoms with Gasteiger partial charge < -0.3 is 14.0 Å². The van der Waals surface area contributed by atoms with Crippen LogP contribution >= 0.6 is 11.6 Å². The number of methoxy groups -OCH3 is 1. The number of halogens is 1. The predicted octanol–water partition coefficient (Wildman–Crippen LogP) is 3.57. The van der Waals surface area contributed by atoms with E-state index in [9.17, 15) is 14.9 Å². The molecule has 2 aromatic rings. The maximum Gasteiger partial charge on any atom is 0.271 e. The Bertz CT molecular complexity index is 801. The molecule has 0 spiro atoms. The van der Waals surface area contributed by atoms with Gasteiger partial charge in [0.1, 0.15) is 5.75 Å². The molecule has 0 amide bonds. The third-order valence-electron chi connectivity index (χ3n) is 3.88. The van der Waals surface area contributed by atoms with Crippen molar-refractivity contribution in [3.8, 4) is 5.75 Å². The van der Waals surface area contributed by atoms with Crippen LogP contribution in [-0.4, -0.2) is 35.6 Å². The van der Waals surface area contributed by atoms with Gasteiger partial charge >= 0.3 is 0 Å². The summed E-state index contributed by atoms with van der Waals surface area (Å²) in [5, 5.41) is 10.8. The van der Waals surface area contributed by atoms with Gasteiger partial charge in [0.2, 0.25) is 5.78 Å². The molecule has 1 aromatic carbocycles. The van der Waals surface area contributed by atoms with E-state index in [2.05, 4.69) is 0 Å². The van der Waals surface area contributed by atoms with Crippen molar-refractivity contribution in [2.24, 2.45) is 0 Å². The summed E-state index contributed by atoms with van der Waals surface area (Å²) in [6.07, 6.45) is 0. The summed E-state index contributed by atoms with van der Waals surface area (Å²) in [5.41, 5.74) is 2.25. The lowest BCUT2D eigenvalue weighted by Crippen LogP contribution is -2.14. The van der Waals surface area contributed by atoms with Gasteiger partial charge in [-0.1, -0.05) is 11.6 Å². The smallest absolute Gasteiger partial charge is 0.271 e. The number of aromatic nitrogens is 1. The van der Waals surface area contributed by atoms with Gasteiger partial charge in [0.15, 0.2) is 6.61 Å². The number of carbonyl (C=O) groups excluding carboxylic acids is 1. The molecule has 0 bridgehead atoms. The molecule has 0 atom stereocenters. The number of carbonyl (C=O) groups is 1. The van der Waals surface area contributed by atoms with E-state index in [1.165, 1.54) is 18.2 Å². The molecule has 7 nitrogen and oxygen atoms in total. The third kappa shape index (κ3) is 4.37. The van der Waals surface area contributed by atoms with Gasteiger partial charge in [-0.25, -0.2) is 0 Å². The van der Waals surface area contributed by atoms with Crippen LogP contribution in [0.25, 0.3) is 0 Å². The standard InChI is InChI=1S/C17H19ClN2O5/c1-11-8-14(12(2)19(11)6-7-24-3)16(21)10-25-17-5-4-13(20(22)23)9-15(17)18/h4-5,8-9H,6-7,10H2,1-3H3. The number of benzene rings is 1. The number of nitro benzene ring substituents is 1. The minimum absolute atomic E-state index is 0.0903. The molecule has 0 aliphatic heterocycles. The number of hydrogen-bond acceptors (Lipinski definition) is 5. The SMILES string of the molecule is COCCn1c(C)cc(C(=O)COc2ccc([N+](=O)[O-])cc2Cl)c1C. The van der Waals surface area contributed by atoms with E-state index in [0.29, 0.717) is 18.7 Å². The van der Waals surface area contributed by atoms with Crippen LogP contribution in [0.15, 0.2) is 24.3 Å². The van der Waals surface area contributed by atoms with E-state index >= 15 is 0 Å². The summed E-state index contributed by atoms with van der Waals surface area (Å²) in [5.74, 6) is 0.0417. The topological polar surface area (TPSA) is 83.6 Å². The Morgan fingerprint density at radius 1 is 1.32 bits per heavy atom. The number of ether oxygens (including phenoxy) is 2. The fourth-order valence-electron chi connectivity index (χ4n) is 2.55. The van der Waals surface area contributed by atoms with Crippen molar-refractivity contribution >= 4 is 23.1 Å². The van der Waals surface area contributed by atoms with Crippen molar-refractivity contribution in [1.82, 2.24) is 4.57 Å². The highest BCUT2D eigenvalue weighted by molar-refractivity contribution is 6.32. The first-order valence-corrected chi connectivity index (χ1v) is 7.98. The van der Waals surface area contributed by atoms with E-state index in [-0.39, 0.29) is 28.8 Å². The molecule has 0 radical (unpaired) electrons. The van der Waals surface area contributed by atoms with Gasteiger partial charge in [-0.3, -0.25) is 14.9 Å². The largest absolute Gasteiger partial charge is 0.484 e. The number of nitro groups is 1. The fraction of sp³-hybridized carbons (Fsp3) is 0.353. The number of Topliss-reactive ketones (excluding diaryl/α,β-unsaturated/α-hetero) is 1. The van der Waals surface area contributed by atoms with Gasteiger partial charge in [0, 0.05) is 42.7 Å². The van der Waals surface area contributed by atoms with Gasteiger partial charge in [0.05, 0.1) is 16.6 Å². The molecule has 0 aliphatic carbocycles. The van der Waals surface area contributed by atoms with Crippen LogP contribution in [-0.2, 0) is 11.3 Å². The van der Waals surface area contributed by atoms with Crippen molar-refractivity contribution in [2.45, 2.75) is 20.4 Å². The maximum absolute atomic E-state index is 12.4. The molecular weight excluding hydrogens is 348 g/mol. The van der Waals surface area contributed by atoms with E-state index in [1.807, 2.05) is 24.5 Å². The minimum atomic E-state index is -0.546. The average molecular weight is 367 g/mol. The van der Waals surface area contributed by atoms with Crippen LogP contribution in [0.5, 0.6) is 5.75 Å². The molecule has 0 N–H and O–H groups in total. The highest BCUT2D eigenvalue weighted by Crippen LogP contribution is 2.29. The van der Waals surface area contributed by atoms with Crippen molar-refractivity contribution in [2.75, 3.05) is 20.3 Å². The summed E-state index contributed by atoms with van der Waals surface area (Å²) >= 11 is 5.96. The van der Waals surface area contributed by atoms with Crippen LogP contribution in [0.1, 0.15) is 21.7 Å². The Hall–Kier alpha value is -2.38. The number of aryl methyl sites for hydroxylation is 1. The lowest BCUT2D eigenvalue weighted by atomic mass is 10.1. The normalized spacial score (nSPS) is 10.7. The summed E-state index contributed by atoms with van der Waals surface area (Å²) in [4.78, 5) is 22.6. The quantitative estimate of drug-likeness (QED) is 0.405. The van der Waals surface area contributed by atoms with Crippen LogP contribution < -0.4 is 4.74 Å². The predicted molar refractivity (Wildman–Crippen MR) is 93.7 cm³/mol. The Kier molecular flexibility index (Phi) is 6.17. The maximum atomic E-state index is 12.4. The fourth-order valence-corrected chi connectivity index (χ4v) is 2.78. The average Bonchev–Trinajstić information content (AvgIpc) is 2.85. The molecular formula is C17H19ClN2O5. The molecule has 25 heavy (non-hydrogen) atoms. The number of ketones is 1. The van der Waals surface area contributed by atoms with Crippen LogP contribution in [0, 0.1) is 24.0 Å². The molecule has 2 rings (SSSR count). The second kappa shape index (κ2) is 8.13. The second-order valence-electron chi connectivity index (χ2n) is 5.51. The highest BCUT2D eigenvalue weighted by atomic mass is 35.5. The van der Waals surface area contributed by atoms with Gasteiger partial charge in [-0.2, -0.15) is 0 Å². The van der Waals surface area contributed by atoms with E-state index < -0.39 is 4.92 Å². The first-order valence-electron chi connectivity index (χ1n) is 7.60. The Balaban J connectivity index is 2.09. The molecule has 0 aliphatic rings. The monoisotopic (exact) mass is 366 g/mol. The van der Waals surface area contributed by atoms with Gasteiger partial charge in [-0.15, -0.1) is 0 Å². The van der Waals surface area contributed by atoms with Crippen LogP contribution in [0.3, 0.4) is 0 Å². The zero-order chi connectivity index (χ0) is 18.6. The Morgan fingerprint density at radius 2 is 2.04 bits per heavy atom. The Labute approximate surface area is 150 Å².